The number of likely N-dealkylation sites (N-methyl/N-ethyl adjacent to an activating group) is 1. The van der Waals surface area contributed by atoms with Crippen LogP contribution in [-0.2, 0) is 14.8 Å². The van der Waals surface area contributed by atoms with Crippen LogP contribution < -0.4 is 5.32 Å². The molecule has 1 spiro atoms. The van der Waals surface area contributed by atoms with Gasteiger partial charge in [-0.1, -0.05) is 20.3 Å². The molecule has 2 saturated heterocycles. The second-order valence-corrected chi connectivity index (χ2v) is 9.23. The van der Waals surface area contributed by atoms with E-state index in [4.69, 9.17) is 0 Å². The molecule has 8 heteroatoms. The third-order valence-corrected chi connectivity index (χ3v) is 7.79. The summed E-state index contributed by atoms with van der Waals surface area (Å²) in [6, 6.07) is 4.67. The van der Waals surface area contributed by atoms with E-state index in [0.717, 1.165) is 18.6 Å². The van der Waals surface area contributed by atoms with Gasteiger partial charge in [-0.2, -0.15) is 4.31 Å². The van der Waals surface area contributed by atoms with E-state index in [1.165, 1.54) is 16.4 Å². The van der Waals surface area contributed by atoms with Crippen molar-refractivity contribution in [1.82, 2.24) is 14.5 Å². The molecule has 2 aliphatic rings. The Labute approximate surface area is 154 Å². The second-order valence-electron chi connectivity index (χ2n) is 7.29. The monoisotopic (exact) mass is 383 g/mol. The van der Waals surface area contributed by atoms with Gasteiger partial charge < -0.3 is 4.90 Å². The van der Waals surface area contributed by atoms with Crippen molar-refractivity contribution in [3.05, 3.63) is 30.1 Å². The number of piperidine rings is 1. The maximum atomic E-state index is 13.1. The number of carbonyl (C=O) groups is 1. The average Bonchev–Trinajstić information content (AvgIpc) is 2.87. The van der Waals surface area contributed by atoms with Gasteiger partial charge in [0.05, 0.1) is 16.6 Å². The van der Waals surface area contributed by atoms with Gasteiger partial charge in [0.2, 0.25) is 15.9 Å². The molecular weight excluding hydrogens is 357 g/mol. The first-order valence-corrected chi connectivity index (χ1v) is 10.5. The third-order valence-electron chi connectivity index (χ3n) is 5.88. The van der Waals surface area contributed by atoms with Crippen molar-refractivity contribution < 1.29 is 17.6 Å². The van der Waals surface area contributed by atoms with Crippen molar-refractivity contribution >= 4 is 15.9 Å². The van der Waals surface area contributed by atoms with Gasteiger partial charge in [-0.15, -0.1) is 0 Å². The number of benzene rings is 1. The molecule has 2 fully saturated rings. The Morgan fingerprint density at radius 1 is 1.27 bits per heavy atom. The molecule has 1 N–H and O–H groups in total. The Balaban J connectivity index is 1.75. The number of hydrogen-bond donors (Lipinski definition) is 1. The van der Waals surface area contributed by atoms with Gasteiger partial charge in [-0.25, -0.2) is 12.8 Å². The van der Waals surface area contributed by atoms with Gasteiger partial charge in [-0.05, 0) is 43.0 Å². The summed E-state index contributed by atoms with van der Waals surface area (Å²) >= 11 is 0. The van der Waals surface area contributed by atoms with Crippen LogP contribution in [0.2, 0.25) is 0 Å². The zero-order valence-electron chi connectivity index (χ0n) is 15.4. The summed E-state index contributed by atoms with van der Waals surface area (Å²) < 4.78 is 40.0. The Kier molecular flexibility index (Phi) is 5.11. The molecule has 26 heavy (non-hydrogen) atoms. The Morgan fingerprint density at radius 2 is 1.85 bits per heavy atom. The van der Waals surface area contributed by atoms with Crippen molar-refractivity contribution in [2.75, 3.05) is 20.1 Å². The predicted molar refractivity (Wildman–Crippen MR) is 96.3 cm³/mol. The minimum Gasteiger partial charge on any atom is -0.326 e. The maximum Gasteiger partial charge on any atom is 0.243 e. The van der Waals surface area contributed by atoms with E-state index in [1.54, 1.807) is 11.9 Å². The second kappa shape index (κ2) is 6.90. The highest BCUT2D eigenvalue weighted by Crippen LogP contribution is 2.35. The topological polar surface area (TPSA) is 69.7 Å². The molecule has 0 aromatic heterocycles. The molecule has 0 radical (unpaired) electrons. The first kappa shape index (κ1) is 19.3. The zero-order chi connectivity index (χ0) is 19.1. The summed E-state index contributed by atoms with van der Waals surface area (Å²) in [5.74, 6) is -0.160. The molecule has 6 nitrogen and oxygen atoms in total. The van der Waals surface area contributed by atoms with E-state index in [1.807, 2.05) is 0 Å². The minimum atomic E-state index is -3.66. The Bertz CT molecular complexity index is 773. The lowest BCUT2D eigenvalue weighted by Crippen LogP contribution is -2.58. The van der Waals surface area contributed by atoms with Crippen LogP contribution in [0.5, 0.6) is 0 Å². The van der Waals surface area contributed by atoms with Crippen LogP contribution in [0.25, 0.3) is 0 Å². The Hall–Kier alpha value is -1.51. The summed E-state index contributed by atoms with van der Waals surface area (Å²) in [5.41, 5.74) is -0.486. The van der Waals surface area contributed by atoms with Crippen LogP contribution in [0.3, 0.4) is 0 Å². The number of sulfonamides is 1. The van der Waals surface area contributed by atoms with Crippen molar-refractivity contribution in [3.63, 3.8) is 0 Å². The fourth-order valence-corrected chi connectivity index (χ4v) is 5.26. The number of halogens is 1. The van der Waals surface area contributed by atoms with E-state index in [9.17, 15) is 17.6 Å². The highest BCUT2D eigenvalue weighted by atomic mass is 32.2. The molecule has 1 amide bonds. The molecule has 0 bridgehead atoms. The number of hydrogen-bond acceptors (Lipinski definition) is 4. The van der Waals surface area contributed by atoms with E-state index >= 15 is 0 Å². The predicted octanol–water partition coefficient (Wildman–Crippen LogP) is 1.78. The molecule has 2 aliphatic heterocycles. The van der Waals surface area contributed by atoms with Crippen LogP contribution in [-0.4, -0.2) is 55.4 Å². The molecule has 1 aromatic carbocycles. The molecule has 3 rings (SSSR count). The van der Waals surface area contributed by atoms with Crippen LogP contribution in [0.4, 0.5) is 4.39 Å². The summed E-state index contributed by atoms with van der Waals surface area (Å²) in [5, 5.41) is 3.48. The molecule has 0 unspecified atom stereocenters. The molecule has 2 atom stereocenters. The SMILES string of the molecule is CC[C@@H](C)[C@H]1NC2(CCN(S(=O)(=O)c3ccc(F)cc3)CC2)N(C)C1=O. The van der Waals surface area contributed by atoms with Gasteiger partial charge in [0, 0.05) is 20.1 Å². The maximum absolute atomic E-state index is 13.1. The van der Waals surface area contributed by atoms with Gasteiger partial charge in [0.15, 0.2) is 0 Å². The summed E-state index contributed by atoms with van der Waals surface area (Å²) in [4.78, 5) is 14.5. The number of nitrogens with one attached hydrogen (secondary N) is 1. The lowest BCUT2D eigenvalue weighted by molar-refractivity contribution is -0.132. The van der Waals surface area contributed by atoms with Crippen molar-refractivity contribution in [1.29, 1.82) is 0 Å². The molecule has 2 heterocycles. The third kappa shape index (κ3) is 3.14. The van der Waals surface area contributed by atoms with Gasteiger partial charge >= 0.3 is 0 Å². The molecule has 0 saturated carbocycles. The van der Waals surface area contributed by atoms with E-state index in [0.29, 0.717) is 25.9 Å². The molecular formula is C18H26FN3O3S. The summed E-state index contributed by atoms with van der Waals surface area (Å²) in [6.07, 6.45) is 1.96. The fraction of sp³-hybridized carbons (Fsp3) is 0.611. The quantitative estimate of drug-likeness (QED) is 0.861. The Morgan fingerprint density at radius 3 is 2.38 bits per heavy atom. The average molecular weight is 383 g/mol. The molecule has 0 aliphatic carbocycles. The fourth-order valence-electron chi connectivity index (χ4n) is 3.82. The smallest absolute Gasteiger partial charge is 0.243 e. The first-order chi connectivity index (χ1) is 12.2. The van der Waals surface area contributed by atoms with E-state index in [2.05, 4.69) is 19.2 Å². The van der Waals surface area contributed by atoms with E-state index in [-0.39, 0.29) is 22.8 Å². The molecule has 1 aromatic rings. The van der Waals surface area contributed by atoms with E-state index < -0.39 is 21.5 Å². The normalized spacial score (nSPS) is 25.0. The van der Waals surface area contributed by atoms with Gasteiger partial charge in [0.1, 0.15) is 5.82 Å². The highest BCUT2D eigenvalue weighted by molar-refractivity contribution is 7.89. The van der Waals surface area contributed by atoms with Crippen LogP contribution >= 0.6 is 0 Å². The van der Waals surface area contributed by atoms with Crippen molar-refractivity contribution in [2.45, 2.75) is 49.7 Å². The minimum absolute atomic E-state index is 0.0780. The molecule has 144 valence electrons. The lowest BCUT2D eigenvalue weighted by atomic mass is 9.96. The largest absolute Gasteiger partial charge is 0.326 e. The summed E-state index contributed by atoms with van der Waals surface area (Å²) in [6.45, 7) is 4.74. The summed E-state index contributed by atoms with van der Waals surface area (Å²) in [7, 11) is -1.86. The van der Waals surface area contributed by atoms with Crippen LogP contribution in [0, 0.1) is 11.7 Å². The number of carbonyl (C=O) groups excluding carboxylic acids is 1. The first-order valence-electron chi connectivity index (χ1n) is 9.02. The van der Waals surface area contributed by atoms with Crippen molar-refractivity contribution in [3.8, 4) is 0 Å². The highest BCUT2D eigenvalue weighted by Gasteiger charge is 2.51. The van der Waals surface area contributed by atoms with Crippen molar-refractivity contribution in [2.24, 2.45) is 5.92 Å². The standard InChI is InChI=1S/C18H26FN3O3S/c1-4-13(2)16-17(23)21(3)18(20-16)9-11-22(12-10-18)26(24,25)15-7-5-14(19)6-8-15/h5-8,13,16,20H,4,9-12H2,1-3H3/t13-,16-/m1/s1. The van der Waals surface area contributed by atoms with Crippen LogP contribution in [0.1, 0.15) is 33.1 Å². The number of nitrogens with zero attached hydrogens (tertiary/aromatic N) is 2. The number of amides is 1. The zero-order valence-corrected chi connectivity index (χ0v) is 16.2. The number of rotatable bonds is 4. The van der Waals surface area contributed by atoms with Crippen LogP contribution in [0.15, 0.2) is 29.2 Å². The van der Waals surface area contributed by atoms with Gasteiger partial charge in [-0.3, -0.25) is 10.1 Å². The van der Waals surface area contributed by atoms with Gasteiger partial charge in [0.25, 0.3) is 0 Å². The lowest BCUT2D eigenvalue weighted by Gasteiger charge is -2.42.